The predicted octanol–water partition coefficient (Wildman–Crippen LogP) is 2.58. The second kappa shape index (κ2) is 6.21. The monoisotopic (exact) mass is 277 g/mol. The molecular formula is C14H19N3OS. The fraction of sp³-hybridized carbons (Fsp3) is 0.429. The van der Waals surface area contributed by atoms with Crippen LogP contribution in [0.15, 0.2) is 41.9 Å². The number of rotatable bonds is 6. The van der Waals surface area contributed by atoms with Crippen molar-refractivity contribution in [1.29, 1.82) is 0 Å². The maximum absolute atomic E-state index is 9.70. The highest BCUT2D eigenvalue weighted by atomic mass is 32.2. The summed E-state index contributed by atoms with van der Waals surface area (Å²) < 4.78 is 2.08. The molecular weight excluding hydrogens is 258 g/mol. The van der Waals surface area contributed by atoms with Crippen molar-refractivity contribution < 1.29 is 5.11 Å². The lowest BCUT2D eigenvalue weighted by Gasteiger charge is -2.16. The Kier molecular flexibility index (Phi) is 4.61. The summed E-state index contributed by atoms with van der Waals surface area (Å²) in [5.41, 5.74) is 0.399. The first-order valence-electron chi connectivity index (χ1n) is 6.31. The first-order chi connectivity index (χ1) is 9.04. The second-order valence-electron chi connectivity index (χ2n) is 5.07. The Balaban J connectivity index is 1.94. The molecule has 0 aliphatic rings. The molecule has 2 heterocycles. The number of hydrogen-bond acceptors (Lipinski definition) is 4. The van der Waals surface area contributed by atoms with Crippen molar-refractivity contribution in [2.45, 2.75) is 37.6 Å². The van der Waals surface area contributed by atoms with E-state index in [0.717, 1.165) is 29.6 Å². The van der Waals surface area contributed by atoms with Gasteiger partial charge in [-0.15, -0.1) is 0 Å². The summed E-state index contributed by atoms with van der Waals surface area (Å²) in [6.45, 7) is 4.38. The molecule has 5 heteroatoms. The van der Waals surface area contributed by atoms with Gasteiger partial charge in [0.2, 0.25) is 0 Å². The Hall–Kier alpha value is -1.33. The van der Waals surface area contributed by atoms with Crippen molar-refractivity contribution >= 4 is 11.8 Å². The molecule has 19 heavy (non-hydrogen) atoms. The van der Waals surface area contributed by atoms with Crippen LogP contribution < -0.4 is 0 Å². The summed E-state index contributed by atoms with van der Waals surface area (Å²) >= 11 is 1.66. The molecule has 2 aromatic rings. The van der Waals surface area contributed by atoms with Crippen LogP contribution in [0.25, 0.3) is 0 Å². The Morgan fingerprint density at radius 2 is 2.11 bits per heavy atom. The molecule has 0 aliphatic heterocycles. The molecule has 0 atom stereocenters. The van der Waals surface area contributed by atoms with Gasteiger partial charge in [-0.1, -0.05) is 17.8 Å². The van der Waals surface area contributed by atoms with Crippen molar-refractivity contribution in [2.24, 2.45) is 0 Å². The summed E-state index contributed by atoms with van der Waals surface area (Å²) in [6.07, 6.45) is 6.30. The SMILES string of the molecule is CC(C)(O)CCSc1nccn1Cc1ccccn1. The van der Waals surface area contributed by atoms with Crippen LogP contribution in [0.2, 0.25) is 0 Å². The van der Waals surface area contributed by atoms with Crippen molar-refractivity contribution in [3.63, 3.8) is 0 Å². The van der Waals surface area contributed by atoms with Gasteiger partial charge in [0, 0.05) is 24.3 Å². The topological polar surface area (TPSA) is 50.9 Å². The van der Waals surface area contributed by atoms with E-state index in [9.17, 15) is 5.11 Å². The smallest absolute Gasteiger partial charge is 0.168 e. The van der Waals surface area contributed by atoms with Crippen LogP contribution in [0.4, 0.5) is 0 Å². The predicted molar refractivity (Wildman–Crippen MR) is 77.2 cm³/mol. The van der Waals surface area contributed by atoms with Gasteiger partial charge in [-0.2, -0.15) is 0 Å². The molecule has 4 nitrogen and oxygen atoms in total. The lowest BCUT2D eigenvalue weighted by atomic mass is 10.1. The van der Waals surface area contributed by atoms with Gasteiger partial charge < -0.3 is 9.67 Å². The molecule has 0 saturated carbocycles. The van der Waals surface area contributed by atoms with E-state index < -0.39 is 5.60 Å². The molecule has 0 radical (unpaired) electrons. The summed E-state index contributed by atoms with van der Waals surface area (Å²) in [5.74, 6) is 0.850. The zero-order valence-corrected chi connectivity index (χ0v) is 12.1. The first-order valence-corrected chi connectivity index (χ1v) is 7.29. The first kappa shape index (κ1) is 14.1. The highest BCUT2D eigenvalue weighted by Crippen LogP contribution is 2.20. The van der Waals surface area contributed by atoms with Crippen LogP contribution in [0, 0.1) is 0 Å². The minimum Gasteiger partial charge on any atom is -0.390 e. The normalized spacial score (nSPS) is 11.7. The van der Waals surface area contributed by atoms with Crippen LogP contribution in [0.3, 0.4) is 0 Å². The van der Waals surface area contributed by atoms with Gasteiger partial charge in [0.05, 0.1) is 17.8 Å². The van der Waals surface area contributed by atoms with E-state index in [0.29, 0.717) is 0 Å². The van der Waals surface area contributed by atoms with E-state index in [4.69, 9.17) is 0 Å². The van der Waals surface area contributed by atoms with Crippen molar-refractivity contribution in [3.8, 4) is 0 Å². The van der Waals surface area contributed by atoms with E-state index in [1.165, 1.54) is 0 Å². The zero-order chi connectivity index (χ0) is 13.7. The average Bonchev–Trinajstić information content (AvgIpc) is 2.76. The van der Waals surface area contributed by atoms with Gasteiger partial charge >= 0.3 is 0 Å². The number of aliphatic hydroxyl groups is 1. The third-order valence-corrected chi connectivity index (χ3v) is 3.69. The summed E-state index contributed by atoms with van der Waals surface area (Å²) in [4.78, 5) is 8.66. The number of aromatic nitrogens is 3. The van der Waals surface area contributed by atoms with E-state index in [2.05, 4.69) is 14.5 Å². The molecule has 0 amide bonds. The maximum atomic E-state index is 9.70. The van der Waals surface area contributed by atoms with E-state index in [1.807, 2.05) is 38.2 Å². The highest BCUT2D eigenvalue weighted by molar-refractivity contribution is 7.99. The summed E-state index contributed by atoms with van der Waals surface area (Å²) in [6, 6.07) is 5.90. The summed E-state index contributed by atoms with van der Waals surface area (Å²) in [5, 5.41) is 10.7. The fourth-order valence-corrected chi connectivity index (χ4v) is 2.83. The second-order valence-corrected chi connectivity index (χ2v) is 6.13. The van der Waals surface area contributed by atoms with Gasteiger partial charge in [0.1, 0.15) is 0 Å². The molecule has 1 N–H and O–H groups in total. The molecule has 2 aromatic heterocycles. The fourth-order valence-electron chi connectivity index (χ4n) is 1.61. The minimum atomic E-state index is -0.620. The average molecular weight is 277 g/mol. The van der Waals surface area contributed by atoms with Gasteiger partial charge in [-0.05, 0) is 32.4 Å². The largest absolute Gasteiger partial charge is 0.390 e. The van der Waals surface area contributed by atoms with Crippen molar-refractivity contribution in [1.82, 2.24) is 14.5 Å². The van der Waals surface area contributed by atoms with Gasteiger partial charge in [0.15, 0.2) is 5.16 Å². The Morgan fingerprint density at radius 3 is 2.79 bits per heavy atom. The Morgan fingerprint density at radius 1 is 1.26 bits per heavy atom. The highest BCUT2D eigenvalue weighted by Gasteiger charge is 2.13. The number of hydrogen-bond donors (Lipinski definition) is 1. The van der Waals surface area contributed by atoms with Crippen molar-refractivity contribution in [3.05, 3.63) is 42.5 Å². The van der Waals surface area contributed by atoms with E-state index in [1.54, 1.807) is 24.2 Å². The van der Waals surface area contributed by atoms with E-state index >= 15 is 0 Å². The molecule has 0 spiro atoms. The molecule has 0 bridgehead atoms. The van der Waals surface area contributed by atoms with E-state index in [-0.39, 0.29) is 0 Å². The third kappa shape index (κ3) is 4.69. The number of imidazole rings is 1. The molecule has 2 rings (SSSR count). The maximum Gasteiger partial charge on any atom is 0.168 e. The lowest BCUT2D eigenvalue weighted by Crippen LogP contribution is -2.19. The molecule has 0 aliphatic carbocycles. The summed E-state index contributed by atoms with van der Waals surface area (Å²) in [7, 11) is 0. The van der Waals surface area contributed by atoms with Gasteiger partial charge in [-0.3, -0.25) is 4.98 Å². The van der Waals surface area contributed by atoms with Gasteiger partial charge in [-0.25, -0.2) is 4.98 Å². The Labute approximate surface area is 117 Å². The molecule has 0 aromatic carbocycles. The minimum absolute atomic E-state index is 0.620. The number of nitrogens with zero attached hydrogens (tertiary/aromatic N) is 3. The van der Waals surface area contributed by atoms with Crippen LogP contribution in [0.5, 0.6) is 0 Å². The third-order valence-electron chi connectivity index (χ3n) is 2.68. The molecule has 0 saturated heterocycles. The lowest BCUT2D eigenvalue weighted by molar-refractivity contribution is 0.0777. The number of thioether (sulfide) groups is 1. The van der Waals surface area contributed by atoms with Crippen LogP contribution >= 0.6 is 11.8 Å². The van der Waals surface area contributed by atoms with Crippen molar-refractivity contribution in [2.75, 3.05) is 5.75 Å². The molecule has 102 valence electrons. The zero-order valence-electron chi connectivity index (χ0n) is 11.3. The molecule has 0 unspecified atom stereocenters. The van der Waals surface area contributed by atoms with Gasteiger partial charge in [0.25, 0.3) is 0 Å². The Bertz CT molecular complexity index is 505. The standard InChI is InChI=1S/C14H19N3OS/c1-14(2,18)6-10-19-13-16-8-9-17(13)11-12-5-3-4-7-15-12/h3-5,7-9,18H,6,10-11H2,1-2H3. The number of pyridine rings is 1. The quantitative estimate of drug-likeness (QED) is 0.825. The van der Waals surface area contributed by atoms with Crippen LogP contribution in [-0.2, 0) is 6.54 Å². The van der Waals surface area contributed by atoms with Crippen LogP contribution in [-0.4, -0.2) is 31.0 Å². The molecule has 0 fully saturated rings. The van der Waals surface area contributed by atoms with Crippen LogP contribution in [0.1, 0.15) is 26.0 Å².